The fraction of sp³-hybridized carbons (Fsp3) is 0.286. The van der Waals surface area contributed by atoms with Crippen LogP contribution < -0.4 is 5.32 Å². The summed E-state index contributed by atoms with van der Waals surface area (Å²) in [5.41, 5.74) is 1.29. The van der Waals surface area contributed by atoms with Crippen molar-refractivity contribution in [1.82, 2.24) is 14.5 Å². The number of aryl methyl sites for hydroxylation is 1. The number of rotatable bonds is 5. The van der Waals surface area contributed by atoms with E-state index >= 15 is 0 Å². The molecule has 1 aliphatic heterocycles. The number of sulfonamides is 1. The third kappa shape index (κ3) is 4.79. The molecule has 2 aromatic carbocycles. The average molecular weight is 477 g/mol. The first-order valence-corrected chi connectivity index (χ1v) is 12.4. The maximum atomic E-state index is 13.1. The van der Waals surface area contributed by atoms with Crippen LogP contribution in [0.4, 0.5) is 5.69 Å². The first kappa shape index (κ1) is 21.9. The van der Waals surface area contributed by atoms with Gasteiger partial charge in [-0.2, -0.15) is 4.31 Å². The number of carbonyl (C=O) groups excluding carboxylic acids is 1. The Labute approximate surface area is 190 Å². The lowest BCUT2D eigenvalue weighted by Gasteiger charge is -2.31. The zero-order valence-electron chi connectivity index (χ0n) is 16.8. The van der Waals surface area contributed by atoms with Crippen LogP contribution in [-0.4, -0.2) is 41.9 Å². The number of nitrogens with one attached hydrogen (secondary N) is 1. The third-order valence-corrected chi connectivity index (χ3v) is 8.51. The zero-order chi connectivity index (χ0) is 22.0. The van der Waals surface area contributed by atoms with Crippen LogP contribution in [0.25, 0.3) is 0 Å². The summed E-state index contributed by atoms with van der Waals surface area (Å²) in [6.07, 6.45) is 1.52. The number of aromatic nitrogens is 2. The lowest BCUT2D eigenvalue weighted by atomic mass is 10.0. The molecule has 1 saturated heterocycles. The smallest absolute Gasteiger partial charge is 0.286 e. The van der Waals surface area contributed by atoms with Crippen LogP contribution in [0.3, 0.4) is 0 Å². The van der Waals surface area contributed by atoms with Gasteiger partial charge >= 0.3 is 0 Å². The van der Waals surface area contributed by atoms with E-state index in [2.05, 4.69) is 15.5 Å². The van der Waals surface area contributed by atoms with Gasteiger partial charge in [-0.1, -0.05) is 47.2 Å². The van der Waals surface area contributed by atoms with Gasteiger partial charge < -0.3 is 5.32 Å². The van der Waals surface area contributed by atoms with E-state index in [1.54, 1.807) is 49.4 Å². The number of carbonyl (C=O) groups is 1. The second-order valence-electron chi connectivity index (χ2n) is 7.38. The Kier molecular flexibility index (Phi) is 6.38. The average Bonchev–Trinajstić information content (AvgIpc) is 3.25. The van der Waals surface area contributed by atoms with E-state index < -0.39 is 10.0 Å². The maximum absolute atomic E-state index is 13.1. The van der Waals surface area contributed by atoms with Crippen LogP contribution in [0, 0.1) is 6.92 Å². The quantitative estimate of drug-likeness (QED) is 0.592. The molecule has 0 bridgehead atoms. The van der Waals surface area contributed by atoms with Crippen molar-refractivity contribution in [3.63, 3.8) is 0 Å². The number of anilines is 1. The molecule has 162 valence electrons. The van der Waals surface area contributed by atoms with E-state index in [-0.39, 0.29) is 16.8 Å². The predicted octanol–water partition coefficient (Wildman–Crippen LogP) is 4.32. The van der Waals surface area contributed by atoms with Crippen LogP contribution >= 0.6 is 22.9 Å². The van der Waals surface area contributed by atoms with Gasteiger partial charge in [-0.15, -0.1) is 10.2 Å². The molecule has 0 aliphatic carbocycles. The standard InChI is InChI=1S/C21H21ClN4O3S2/c1-14-6-2-3-10-18(14)31(28,29)26-11-5-7-15(13-26)20-24-25-21(30-20)19(27)23-17-9-4-8-16(22)12-17/h2-4,6,8-10,12,15H,5,7,11,13H2,1H3,(H,23,27). The molecule has 0 radical (unpaired) electrons. The molecule has 10 heteroatoms. The van der Waals surface area contributed by atoms with Crippen molar-refractivity contribution >= 4 is 44.6 Å². The summed E-state index contributed by atoms with van der Waals surface area (Å²) in [6.45, 7) is 2.58. The van der Waals surface area contributed by atoms with Crippen LogP contribution in [-0.2, 0) is 10.0 Å². The number of nitrogens with zero attached hydrogens (tertiary/aromatic N) is 3. The highest BCUT2D eigenvalue weighted by Gasteiger charge is 2.33. The van der Waals surface area contributed by atoms with Crippen molar-refractivity contribution in [2.24, 2.45) is 0 Å². The molecule has 3 aromatic rings. The van der Waals surface area contributed by atoms with E-state index in [4.69, 9.17) is 11.6 Å². The molecule has 7 nitrogen and oxygen atoms in total. The fourth-order valence-corrected chi connectivity index (χ4v) is 6.39. The molecule has 2 heterocycles. The fourth-order valence-electron chi connectivity index (χ4n) is 3.59. The van der Waals surface area contributed by atoms with Gasteiger partial charge in [0.25, 0.3) is 5.91 Å². The highest BCUT2D eigenvalue weighted by atomic mass is 35.5. The molecule has 0 spiro atoms. The molecular weight excluding hydrogens is 456 g/mol. The highest BCUT2D eigenvalue weighted by molar-refractivity contribution is 7.89. The Morgan fingerprint density at radius 2 is 2.00 bits per heavy atom. The number of piperidine rings is 1. The Morgan fingerprint density at radius 1 is 1.19 bits per heavy atom. The van der Waals surface area contributed by atoms with Crippen molar-refractivity contribution in [2.75, 3.05) is 18.4 Å². The van der Waals surface area contributed by atoms with Crippen LogP contribution in [0.5, 0.6) is 0 Å². The molecule has 4 rings (SSSR count). The zero-order valence-corrected chi connectivity index (χ0v) is 19.2. The monoisotopic (exact) mass is 476 g/mol. The molecule has 1 atom stereocenters. The van der Waals surface area contributed by atoms with Gasteiger partial charge in [0.2, 0.25) is 15.0 Å². The minimum Gasteiger partial charge on any atom is -0.320 e. The van der Waals surface area contributed by atoms with E-state index in [0.29, 0.717) is 33.7 Å². The minimum absolute atomic E-state index is 0.0993. The Morgan fingerprint density at radius 3 is 2.77 bits per heavy atom. The summed E-state index contributed by atoms with van der Waals surface area (Å²) in [7, 11) is -3.59. The van der Waals surface area contributed by atoms with Crippen LogP contribution in [0.1, 0.15) is 39.1 Å². The third-order valence-electron chi connectivity index (χ3n) is 5.16. The maximum Gasteiger partial charge on any atom is 0.286 e. The number of hydrogen-bond donors (Lipinski definition) is 1. The van der Waals surface area contributed by atoms with Gasteiger partial charge in [0, 0.05) is 29.7 Å². The van der Waals surface area contributed by atoms with Gasteiger partial charge in [-0.05, 0) is 49.6 Å². The van der Waals surface area contributed by atoms with Gasteiger partial charge in [0.15, 0.2) is 0 Å². The normalized spacial score (nSPS) is 17.4. The second kappa shape index (κ2) is 9.04. The molecule has 1 aliphatic rings. The van der Waals surface area contributed by atoms with Gasteiger partial charge in [0.1, 0.15) is 5.01 Å². The van der Waals surface area contributed by atoms with Gasteiger partial charge in [-0.3, -0.25) is 4.79 Å². The van der Waals surface area contributed by atoms with Crippen molar-refractivity contribution in [2.45, 2.75) is 30.6 Å². The summed E-state index contributed by atoms with van der Waals surface area (Å²) < 4.78 is 27.8. The summed E-state index contributed by atoms with van der Waals surface area (Å²) in [5, 5.41) is 12.4. The van der Waals surface area contributed by atoms with E-state index in [9.17, 15) is 13.2 Å². The molecule has 1 fully saturated rings. The lowest BCUT2D eigenvalue weighted by Crippen LogP contribution is -2.39. The number of hydrogen-bond acceptors (Lipinski definition) is 6. The van der Waals surface area contributed by atoms with Crippen molar-refractivity contribution in [3.8, 4) is 0 Å². The van der Waals surface area contributed by atoms with Crippen molar-refractivity contribution in [1.29, 1.82) is 0 Å². The molecule has 1 amide bonds. The summed E-state index contributed by atoms with van der Waals surface area (Å²) in [4.78, 5) is 12.8. The first-order chi connectivity index (χ1) is 14.8. The Bertz CT molecular complexity index is 1210. The van der Waals surface area contributed by atoms with E-state index in [1.165, 1.54) is 15.6 Å². The van der Waals surface area contributed by atoms with E-state index in [1.807, 2.05) is 6.07 Å². The van der Waals surface area contributed by atoms with E-state index in [0.717, 1.165) is 18.4 Å². The summed E-state index contributed by atoms with van der Waals surface area (Å²) in [5.74, 6) is -0.469. The Hall–Kier alpha value is -2.33. The van der Waals surface area contributed by atoms with Crippen molar-refractivity contribution in [3.05, 3.63) is 69.1 Å². The lowest BCUT2D eigenvalue weighted by molar-refractivity contribution is 0.102. The van der Waals surface area contributed by atoms with Crippen LogP contribution in [0.15, 0.2) is 53.4 Å². The minimum atomic E-state index is -3.59. The Balaban J connectivity index is 1.49. The number of benzene rings is 2. The number of amides is 1. The summed E-state index contributed by atoms with van der Waals surface area (Å²) >= 11 is 7.15. The molecule has 1 unspecified atom stereocenters. The molecule has 31 heavy (non-hydrogen) atoms. The van der Waals surface area contributed by atoms with Gasteiger partial charge in [0.05, 0.1) is 4.90 Å². The topological polar surface area (TPSA) is 92.3 Å². The SMILES string of the molecule is Cc1ccccc1S(=O)(=O)N1CCCC(c2nnc(C(=O)Nc3cccc(Cl)c3)s2)C1. The second-order valence-corrected chi connectivity index (χ2v) is 10.7. The molecular formula is C21H21ClN4O3S2. The predicted molar refractivity (Wildman–Crippen MR) is 121 cm³/mol. The van der Waals surface area contributed by atoms with Crippen molar-refractivity contribution < 1.29 is 13.2 Å². The summed E-state index contributed by atoms with van der Waals surface area (Å²) in [6, 6.07) is 13.8. The highest BCUT2D eigenvalue weighted by Crippen LogP contribution is 2.32. The molecule has 1 N–H and O–H groups in total. The first-order valence-electron chi connectivity index (χ1n) is 9.80. The molecule has 0 saturated carbocycles. The number of halogens is 1. The van der Waals surface area contributed by atoms with Gasteiger partial charge in [-0.25, -0.2) is 8.42 Å². The largest absolute Gasteiger partial charge is 0.320 e. The van der Waals surface area contributed by atoms with Crippen LogP contribution in [0.2, 0.25) is 5.02 Å². The molecule has 1 aromatic heterocycles.